The largest absolute Gasteiger partial charge is 0.508 e. The molecule has 4 heterocycles. The Hall–Kier alpha value is -5.12. The van der Waals surface area contributed by atoms with Gasteiger partial charge in [0.05, 0.1) is 6.61 Å². The number of phenols is 1. The number of phenolic OH excluding ortho intramolecular Hbond substituents is 1. The van der Waals surface area contributed by atoms with Crippen LogP contribution in [0.1, 0.15) is 82.1 Å². The number of fused-ring (bicyclic) bond motifs is 3. The van der Waals surface area contributed by atoms with E-state index in [4.69, 9.17) is 4.74 Å². The summed E-state index contributed by atoms with van der Waals surface area (Å²) in [5.74, 6) is 1.70. The lowest BCUT2D eigenvalue weighted by Gasteiger charge is -2.48. The number of aryl methyl sites for hydroxylation is 1. The zero-order chi connectivity index (χ0) is 38.2. The third kappa shape index (κ3) is 7.42. The fraction of sp³-hybridized carbons (Fsp3) is 0.404. The van der Waals surface area contributed by atoms with Crippen LogP contribution in [0.25, 0.3) is 0 Å². The molecule has 4 atom stereocenters. The van der Waals surface area contributed by atoms with Crippen molar-refractivity contribution >= 4 is 17.5 Å². The zero-order valence-corrected chi connectivity index (χ0v) is 32.2. The minimum atomic E-state index is -0.434. The van der Waals surface area contributed by atoms with Gasteiger partial charge in [-0.15, -0.1) is 0 Å². The van der Waals surface area contributed by atoms with Crippen LogP contribution in [-0.2, 0) is 17.8 Å². The molecule has 3 saturated heterocycles. The lowest BCUT2D eigenvalue weighted by molar-refractivity contribution is -0.126. The topological polar surface area (TPSA) is 88.6 Å². The number of aromatic hydroxyl groups is 1. The summed E-state index contributed by atoms with van der Waals surface area (Å²) in [4.78, 5) is 35.4. The Bertz CT molecular complexity index is 2090. The summed E-state index contributed by atoms with van der Waals surface area (Å²) in [6.45, 7) is 12.4. The van der Waals surface area contributed by atoms with Gasteiger partial charge >= 0.3 is 0 Å². The number of hydrogen-bond donors (Lipinski definition) is 2. The summed E-state index contributed by atoms with van der Waals surface area (Å²) in [6, 6.07) is 31.7. The van der Waals surface area contributed by atoms with Gasteiger partial charge in [-0.2, -0.15) is 0 Å². The van der Waals surface area contributed by atoms with Crippen LogP contribution in [0.2, 0.25) is 0 Å². The SMILES string of the molecule is C=C1CCC(N2Cc3cc(N4CCN5CCN(CCCCOc6ccc([C@H]7c8ccc(O)cc8CC[C@H]7c7ccccc7)cc6)CC5C4)ccc3C2=O)C(=O)N1. The van der Waals surface area contributed by atoms with Crippen LogP contribution in [-0.4, -0.2) is 96.1 Å². The highest BCUT2D eigenvalue weighted by Gasteiger charge is 2.39. The smallest absolute Gasteiger partial charge is 0.255 e. The van der Waals surface area contributed by atoms with Gasteiger partial charge in [-0.05, 0) is 121 Å². The molecule has 0 aromatic heterocycles. The maximum absolute atomic E-state index is 13.3. The number of nitrogens with one attached hydrogen (secondary N) is 1. The van der Waals surface area contributed by atoms with Crippen molar-refractivity contribution in [1.82, 2.24) is 20.0 Å². The molecule has 0 saturated carbocycles. The second-order valence-electron chi connectivity index (χ2n) is 16.4. The Morgan fingerprint density at radius 3 is 2.48 bits per heavy atom. The molecule has 0 spiro atoms. The molecular weight excluding hydrogens is 699 g/mol. The van der Waals surface area contributed by atoms with E-state index in [9.17, 15) is 14.7 Å². The van der Waals surface area contributed by atoms with Gasteiger partial charge < -0.3 is 29.9 Å². The van der Waals surface area contributed by atoms with Crippen molar-refractivity contribution in [2.24, 2.45) is 0 Å². The molecule has 5 aliphatic rings. The average Bonchev–Trinajstić information content (AvgIpc) is 3.55. The van der Waals surface area contributed by atoms with Crippen molar-refractivity contribution in [1.29, 1.82) is 0 Å². The first-order valence-corrected chi connectivity index (χ1v) is 20.6. The molecule has 4 aliphatic heterocycles. The van der Waals surface area contributed by atoms with Crippen molar-refractivity contribution in [2.75, 3.05) is 57.3 Å². The highest BCUT2D eigenvalue weighted by Crippen LogP contribution is 2.47. The molecule has 9 rings (SSSR count). The number of nitrogens with zero attached hydrogens (tertiary/aromatic N) is 4. The number of amides is 2. The molecule has 2 N–H and O–H groups in total. The molecule has 1 aliphatic carbocycles. The molecule has 290 valence electrons. The fourth-order valence-corrected chi connectivity index (χ4v) is 9.97. The van der Waals surface area contributed by atoms with E-state index in [1.807, 2.05) is 18.2 Å². The predicted octanol–water partition coefficient (Wildman–Crippen LogP) is 6.67. The summed E-state index contributed by atoms with van der Waals surface area (Å²) in [6.07, 6.45) is 5.46. The van der Waals surface area contributed by atoms with Gasteiger partial charge in [0.15, 0.2) is 0 Å². The number of benzene rings is 4. The standard InChI is InChI=1S/C47H53N5O4/c1-32-9-20-44(46(54)48-32)52-29-36-27-37(13-18-43(36)47(52)55)51-25-24-50-23-22-49(30-38(50)31-51)21-5-6-26-56-40-15-10-34(11-16-40)45-41(33-7-3-2-4-8-33)17-12-35-28-39(53)14-19-42(35)45/h2-4,7-8,10-11,13-16,18-19,27-28,38,41,44-45,53H,1,5-6,9,12,17,20-26,29-31H2,(H,48,54)/t38?,41-,44?,45+/m0/s1. The second-order valence-corrected chi connectivity index (χ2v) is 16.4. The molecule has 9 heteroatoms. The van der Waals surface area contributed by atoms with Crippen LogP contribution in [0.15, 0.2) is 103 Å². The quantitative estimate of drug-likeness (QED) is 0.175. The molecular formula is C47H53N5O4. The van der Waals surface area contributed by atoms with E-state index in [-0.39, 0.29) is 17.7 Å². The van der Waals surface area contributed by atoms with E-state index in [0.29, 0.717) is 43.7 Å². The number of anilines is 1. The van der Waals surface area contributed by atoms with Crippen LogP contribution < -0.4 is 15.0 Å². The maximum Gasteiger partial charge on any atom is 0.255 e. The van der Waals surface area contributed by atoms with Gasteiger partial charge in [-0.3, -0.25) is 14.5 Å². The van der Waals surface area contributed by atoms with Crippen LogP contribution in [0.5, 0.6) is 11.5 Å². The zero-order valence-electron chi connectivity index (χ0n) is 32.2. The Labute approximate surface area is 330 Å². The molecule has 2 amide bonds. The van der Waals surface area contributed by atoms with Gasteiger partial charge in [-0.1, -0.05) is 55.1 Å². The minimum absolute atomic E-state index is 0.0447. The molecule has 3 fully saturated rings. The monoisotopic (exact) mass is 751 g/mol. The summed E-state index contributed by atoms with van der Waals surface area (Å²) in [7, 11) is 0. The van der Waals surface area contributed by atoms with Crippen LogP contribution >= 0.6 is 0 Å². The summed E-state index contributed by atoms with van der Waals surface area (Å²) in [5.41, 5.74) is 8.84. The fourth-order valence-electron chi connectivity index (χ4n) is 9.97. The molecule has 56 heavy (non-hydrogen) atoms. The molecule has 4 aromatic rings. The van der Waals surface area contributed by atoms with Gasteiger partial charge in [-0.25, -0.2) is 0 Å². The molecule has 4 aromatic carbocycles. The number of carbonyl (C=O) groups excluding carboxylic acids is 2. The highest BCUT2D eigenvalue weighted by atomic mass is 16.5. The van der Waals surface area contributed by atoms with E-state index in [1.165, 1.54) is 27.9 Å². The van der Waals surface area contributed by atoms with Crippen molar-refractivity contribution in [3.05, 3.63) is 137 Å². The maximum atomic E-state index is 13.3. The average molecular weight is 752 g/mol. The van der Waals surface area contributed by atoms with E-state index in [0.717, 1.165) is 94.1 Å². The van der Waals surface area contributed by atoms with E-state index >= 15 is 0 Å². The number of piperidine rings is 1. The van der Waals surface area contributed by atoms with E-state index < -0.39 is 6.04 Å². The van der Waals surface area contributed by atoms with Crippen molar-refractivity contribution in [3.8, 4) is 11.5 Å². The lowest BCUT2D eigenvalue weighted by Crippen LogP contribution is -2.62. The molecule has 0 bridgehead atoms. The third-order valence-corrected chi connectivity index (χ3v) is 13.0. The van der Waals surface area contributed by atoms with Gasteiger partial charge in [0.1, 0.15) is 17.5 Å². The van der Waals surface area contributed by atoms with Crippen LogP contribution in [0.3, 0.4) is 0 Å². The Morgan fingerprint density at radius 1 is 0.804 bits per heavy atom. The number of allylic oxidation sites excluding steroid dienone is 1. The van der Waals surface area contributed by atoms with Gasteiger partial charge in [0.25, 0.3) is 5.91 Å². The Balaban J connectivity index is 0.756. The molecule has 0 radical (unpaired) electrons. The van der Waals surface area contributed by atoms with Crippen molar-refractivity contribution < 1.29 is 19.4 Å². The number of hydrogen-bond acceptors (Lipinski definition) is 7. The number of carbonyl (C=O) groups is 2. The molecule has 2 unspecified atom stereocenters. The number of rotatable bonds is 10. The van der Waals surface area contributed by atoms with Crippen LogP contribution in [0, 0.1) is 0 Å². The highest BCUT2D eigenvalue weighted by molar-refractivity contribution is 6.01. The van der Waals surface area contributed by atoms with Crippen molar-refractivity contribution in [2.45, 2.75) is 69.0 Å². The summed E-state index contributed by atoms with van der Waals surface area (Å²) < 4.78 is 6.26. The van der Waals surface area contributed by atoms with Crippen LogP contribution in [0.4, 0.5) is 5.69 Å². The van der Waals surface area contributed by atoms with E-state index in [1.54, 1.807) is 4.90 Å². The lowest BCUT2D eigenvalue weighted by atomic mass is 9.69. The first-order chi connectivity index (χ1) is 27.4. The number of piperazine rings is 2. The molecule has 9 nitrogen and oxygen atoms in total. The van der Waals surface area contributed by atoms with E-state index in [2.05, 4.69) is 99.4 Å². The first-order valence-electron chi connectivity index (χ1n) is 20.6. The van der Waals surface area contributed by atoms with Gasteiger partial charge in [0, 0.05) is 74.7 Å². The Morgan fingerprint density at radius 2 is 1.64 bits per heavy atom. The first kappa shape index (κ1) is 36.5. The summed E-state index contributed by atoms with van der Waals surface area (Å²) in [5, 5.41) is 13.0. The number of unbranched alkanes of at least 4 members (excludes halogenated alkanes) is 1. The number of ether oxygens (including phenoxy) is 1. The Kier molecular flexibility index (Phi) is 10.3. The third-order valence-electron chi connectivity index (χ3n) is 13.0. The second kappa shape index (κ2) is 15.8. The minimum Gasteiger partial charge on any atom is -0.508 e. The van der Waals surface area contributed by atoms with Gasteiger partial charge in [0.2, 0.25) is 5.91 Å². The summed E-state index contributed by atoms with van der Waals surface area (Å²) >= 11 is 0. The van der Waals surface area contributed by atoms with Crippen molar-refractivity contribution in [3.63, 3.8) is 0 Å². The normalized spacial score (nSPS) is 24.0. The predicted molar refractivity (Wildman–Crippen MR) is 219 cm³/mol.